The molecule has 0 saturated carbocycles. The predicted octanol–water partition coefficient (Wildman–Crippen LogP) is 10.7. The molecule has 6 rings (SSSR count). The van der Waals surface area contributed by atoms with E-state index in [2.05, 4.69) is 70.2 Å². The second-order valence-corrected chi connectivity index (χ2v) is 12.5. The average Bonchev–Trinajstić information content (AvgIpc) is 3.35. The maximum Gasteiger partial charge on any atom is 0.162 e. The number of benzene rings is 3. The fourth-order valence-electron chi connectivity index (χ4n) is 6.58. The number of aryl methyl sites for hydroxylation is 2. The van der Waals surface area contributed by atoms with Crippen LogP contribution in [-0.4, -0.2) is 15.9 Å². The zero-order chi connectivity index (χ0) is 31.1. The van der Waals surface area contributed by atoms with Gasteiger partial charge in [0.2, 0.25) is 0 Å². The first-order valence-corrected chi connectivity index (χ1v) is 15.8. The van der Waals surface area contributed by atoms with Crippen molar-refractivity contribution in [3.63, 3.8) is 0 Å². The molecule has 0 unspecified atom stereocenters. The van der Waals surface area contributed by atoms with Crippen LogP contribution in [0.4, 0.5) is 0 Å². The van der Waals surface area contributed by atoms with E-state index in [0.29, 0.717) is 0 Å². The number of rotatable bonds is 7. The minimum absolute atomic E-state index is 0. The Morgan fingerprint density at radius 1 is 0.932 bits per heavy atom. The number of hydrogen-bond acceptors (Lipinski definition) is 4. The Bertz CT molecular complexity index is 1850. The van der Waals surface area contributed by atoms with Gasteiger partial charge in [0, 0.05) is 43.4 Å². The molecule has 0 amide bonds. The molecule has 3 aromatic carbocycles. The summed E-state index contributed by atoms with van der Waals surface area (Å²) in [6.07, 6.45) is 4.91. The van der Waals surface area contributed by atoms with Gasteiger partial charge < -0.3 is 9.52 Å². The maximum absolute atomic E-state index is 11.7. The van der Waals surface area contributed by atoms with Crippen LogP contribution in [0.1, 0.15) is 89.5 Å². The SMILES string of the molecule is CCC(CC)C(=O)/C=C(\O)C(CC)CC.Cc1ccc2nc3c(cc2c1)C(C)(C)c1ccc(C)c2oc4cc[c-]c-3c4c12.[Ir]. The number of aromatic nitrogens is 1. The topological polar surface area (TPSA) is 63.3 Å². The van der Waals surface area contributed by atoms with Crippen molar-refractivity contribution < 1.29 is 34.4 Å². The Kier molecular flexibility index (Phi) is 10.2. The van der Waals surface area contributed by atoms with Crippen LogP contribution in [0.2, 0.25) is 0 Å². The number of aliphatic hydroxyl groups is 1. The van der Waals surface area contributed by atoms with Gasteiger partial charge in [-0.3, -0.25) is 9.78 Å². The molecule has 0 aliphatic heterocycles. The normalized spacial score (nSPS) is 13.6. The number of ketones is 1. The van der Waals surface area contributed by atoms with Gasteiger partial charge in [0.1, 0.15) is 5.58 Å². The summed E-state index contributed by atoms with van der Waals surface area (Å²) in [5.41, 5.74) is 9.73. The van der Waals surface area contributed by atoms with E-state index in [-0.39, 0.29) is 48.9 Å². The smallest absolute Gasteiger partial charge is 0.162 e. The molecule has 1 aliphatic carbocycles. The number of nitrogens with zero attached hydrogens (tertiary/aromatic N) is 1. The van der Waals surface area contributed by atoms with E-state index < -0.39 is 0 Å². The van der Waals surface area contributed by atoms with Gasteiger partial charge in [-0.25, -0.2) is 0 Å². The average molecular weight is 767 g/mol. The Hall–Kier alpha value is -3.27. The summed E-state index contributed by atoms with van der Waals surface area (Å²) in [5, 5.41) is 13.3. The first-order valence-electron chi connectivity index (χ1n) is 15.8. The predicted molar refractivity (Wildman–Crippen MR) is 179 cm³/mol. The van der Waals surface area contributed by atoms with Gasteiger partial charge in [-0.05, 0) is 79.3 Å². The first kappa shape index (κ1) is 33.6. The van der Waals surface area contributed by atoms with E-state index in [0.717, 1.165) is 64.6 Å². The van der Waals surface area contributed by atoms with E-state index in [9.17, 15) is 9.90 Å². The Labute approximate surface area is 275 Å². The summed E-state index contributed by atoms with van der Waals surface area (Å²) in [5.74, 6) is 0.547. The summed E-state index contributed by atoms with van der Waals surface area (Å²) in [7, 11) is 0. The summed E-state index contributed by atoms with van der Waals surface area (Å²) >= 11 is 0. The number of aliphatic hydroxyl groups excluding tert-OH is 1. The van der Waals surface area contributed by atoms with Gasteiger partial charge in [-0.1, -0.05) is 88.4 Å². The number of carbonyl (C=O) groups is 1. The van der Waals surface area contributed by atoms with Crippen LogP contribution >= 0.6 is 0 Å². The molecule has 0 saturated heterocycles. The summed E-state index contributed by atoms with van der Waals surface area (Å²) in [6, 6.07) is 20.7. The van der Waals surface area contributed by atoms with Crippen LogP contribution in [0.25, 0.3) is 44.1 Å². The largest absolute Gasteiger partial charge is 0.512 e. The van der Waals surface area contributed by atoms with E-state index in [1.165, 1.54) is 33.5 Å². The molecule has 0 atom stereocenters. The van der Waals surface area contributed by atoms with E-state index in [4.69, 9.17) is 9.40 Å². The van der Waals surface area contributed by atoms with Crippen LogP contribution < -0.4 is 0 Å². The standard InChI is InChI=1S/C26H20NO.C13H24O2.Ir/c1-14-8-11-20-16(12-14)13-19-24(27-20)17-6-5-7-21-22(17)23-18(26(19,3)4)10-9-15(2)25(23)28-21;1-5-10(6-2)12(14)9-13(15)11(7-3)8-4;/h5,7-13H,1-4H3;9-11,14H,5-8H2,1-4H3;/q-1;;/b;12-9-;. The van der Waals surface area contributed by atoms with E-state index in [1.807, 2.05) is 39.8 Å². The molecule has 1 aliphatic rings. The number of furan rings is 1. The molecule has 1 N–H and O–H groups in total. The number of fused-ring (bicyclic) bond motifs is 3. The summed E-state index contributed by atoms with van der Waals surface area (Å²) < 4.78 is 6.30. The Morgan fingerprint density at radius 2 is 1.61 bits per heavy atom. The van der Waals surface area contributed by atoms with E-state index in [1.54, 1.807) is 0 Å². The van der Waals surface area contributed by atoms with Gasteiger partial charge in [0.25, 0.3) is 0 Å². The van der Waals surface area contributed by atoms with Crippen LogP contribution in [0.15, 0.2) is 64.8 Å². The monoisotopic (exact) mass is 767 g/mol. The number of hydrogen-bond donors (Lipinski definition) is 1. The van der Waals surface area contributed by atoms with Crippen molar-refractivity contribution in [2.75, 3.05) is 0 Å². The fourth-order valence-corrected chi connectivity index (χ4v) is 6.58. The second kappa shape index (κ2) is 13.4. The third-order valence-electron chi connectivity index (χ3n) is 9.41. The molecule has 0 bridgehead atoms. The molecule has 5 heteroatoms. The van der Waals surface area contributed by atoms with Crippen LogP contribution in [0.3, 0.4) is 0 Å². The summed E-state index contributed by atoms with van der Waals surface area (Å²) in [6.45, 7) is 16.9. The molecule has 1 radical (unpaired) electrons. The molecule has 5 aromatic rings. The zero-order valence-corrected chi connectivity index (χ0v) is 29.6. The number of pyridine rings is 1. The quantitative estimate of drug-likeness (QED) is 0.102. The molecular weight excluding hydrogens is 723 g/mol. The fraction of sp³-hybridized carbons (Fsp3) is 0.385. The van der Waals surface area contributed by atoms with Crippen molar-refractivity contribution >= 4 is 38.6 Å². The van der Waals surface area contributed by atoms with Crippen LogP contribution in [0.5, 0.6) is 0 Å². The Balaban J connectivity index is 0.000000239. The number of allylic oxidation sites excluding steroid dienone is 2. The summed E-state index contributed by atoms with van der Waals surface area (Å²) in [4.78, 5) is 16.9. The minimum atomic E-state index is -0.199. The van der Waals surface area contributed by atoms with Crippen molar-refractivity contribution in [3.8, 4) is 11.3 Å². The zero-order valence-electron chi connectivity index (χ0n) is 27.2. The van der Waals surface area contributed by atoms with Crippen molar-refractivity contribution in [1.82, 2.24) is 4.98 Å². The molecule has 44 heavy (non-hydrogen) atoms. The van der Waals surface area contributed by atoms with Crippen molar-refractivity contribution in [2.24, 2.45) is 11.8 Å². The minimum Gasteiger partial charge on any atom is -0.512 e. The first-order chi connectivity index (χ1) is 20.5. The molecule has 0 spiro atoms. The molecule has 2 aromatic heterocycles. The number of carbonyl (C=O) groups excluding carboxylic acids is 1. The molecular formula is C39H44IrNO3-. The third kappa shape index (κ3) is 5.89. The Morgan fingerprint density at radius 3 is 2.27 bits per heavy atom. The van der Waals surface area contributed by atoms with Gasteiger partial charge in [-0.15, -0.1) is 17.7 Å². The van der Waals surface area contributed by atoms with Gasteiger partial charge in [-0.2, -0.15) is 0 Å². The van der Waals surface area contributed by atoms with Crippen molar-refractivity contribution in [3.05, 3.63) is 88.7 Å². The van der Waals surface area contributed by atoms with Crippen molar-refractivity contribution in [1.29, 1.82) is 0 Å². The van der Waals surface area contributed by atoms with Crippen molar-refractivity contribution in [2.45, 2.75) is 86.5 Å². The van der Waals surface area contributed by atoms with Gasteiger partial charge in [0.05, 0.1) is 16.9 Å². The second-order valence-electron chi connectivity index (χ2n) is 12.5. The maximum atomic E-state index is 11.7. The molecule has 0 fully saturated rings. The van der Waals surface area contributed by atoms with Gasteiger partial charge in [0.15, 0.2) is 5.78 Å². The van der Waals surface area contributed by atoms with Gasteiger partial charge >= 0.3 is 0 Å². The molecule has 4 nitrogen and oxygen atoms in total. The van der Waals surface area contributed by atoms with Crippen LogP contribution in [-0.2, 0) is 30.3 Å². The van der Waals surface area contributed by atoms with Crippen LogP contribution in [0, 0.1) is 31.7 Å². The third-order valence-corrected chi connectivity index (χ3v) is 9.41. The molecule has 2 heterocycles. The molecule has 233 valence electrons. The van der Waals surface area contributed by atoms with E-state index >= 15 is 0 Å².